The highest BCUT2D eigenvalue weighted by Crippen LogP contribution is 2.20. The van der Waals surface area contributed by atoms with Crippen LogP contribution >= 0.6 is 0 Å². The van der Waals surface area contributed by atoms with E-state index in [2.05, 4.69) is 17.6 Å². The molecular formula is C16H29N3O2. The molecule has 2 heterocycles. The number of rotatable bonds is 3. The zero-order chi connectivity index (χ0) is 15.4. The molecule has 5 heteroatoms. The van der Waals surface area contributed by atoms with Crippen molar-refractivity contribution in [2.75, 3.05) is 19.6 Å². The Hall–Kier alpha value is -1.10. The Kier molecular flexibility index (Phi) is 5.62. The van der Waals surface area contributed by atoms with Crippen molar-refractivity contribution in [3.05, 3.63) is 0 Å². The molecule has 0 spiro atoms. The van der Waals surface area contributed by atoms with Gasteiger partial charge in [0.1, 0.15) is 0 Å². The molecule has 21 heavy (non-hydrogen) atoms. The number of hydrogen-bond donors (Lipinski definition) is 2. The van der Waals surface area contributed by atoms with Crippen LogP contribution in [-0.2, 0) is 9.59 Å². The molecule has 0 saturated carbocycles. The summed E-state index contributed by atoms with van der Waals surface area (Å²) in [6, 6.07) is 0.604. The van der Waals surface area contributed by atoms with Gasteiger partial charge in [0.15, 0.2) is 0 Å². The monoisotopic (exact) mass is 295 g/mol. The zero-order valence-electron chi connectivity index (χ0n) is 13.5. The Morgan fingerprint density at radius 1 is 1.19 bits per heavy atom. The van der Waals surface area contributed by atoms with Crippen molar-refractivity contribution in [2.45, 2.75) is 58.5 Å². The number of likely N-dealkylation sites (tertiary alicyclic amines) is 1. The lowest BCUT2D eigenvalue weighted by atomic mass is 9.93. The number of carbonyl (C=O) groups is 2. The van der Waals surface area contributed by atoms with Crippen molar-refractivity contribution in [2.24, 2.45) is 11.8 Å². The first-order chi connectivity index (χ1) is 9.99. The summed E-state index contributed by atoms with van der Waals surface area (Å²) in [5, 5.41) is 6.61. The van der Waals surface area contributed by atoms with Gasteiger partial charge in [-0.2, -0.15) is 0 Å². The van der Waals surface area contributed by atoms with Crippen LogP contribution in [0.25, 0.3) is 0 Å². The van der Waals surface area contributed by atoms with Gasteiger partial charge in [-0.05, 0) is 39.2 Å². The molecule has 0 aliphatic carbocycles. The lowest BCUT2D eigenvalue weighted by Gasteiger charge is -2.35. The summed E-state index contributed by atoms with van der Waals surface area (Å²) < 4.78 is 0. The van der Waals surface area contributed by atoms with Crippen molar-refractivity contribution in [1.82, 2.24) is 15.5 Å². The van der Waals surface area contributed by atoms with Crippen LogP contribution in [0.4, 0.5) is 0 Å². The van der Waals surface area contributed by atoms with E-state index < -0.39 is 0 Å². The van der Waals surface area contributed by atoms with Crippen LogP contribution < -0.4 is 10.6 Å². The molecule has 0 aromatic rings. The van der Waals surface area contributed by atoms with Crippen LogP contribution in [0.15, 0.2) is 0 Å². The lowest BCUT2D eigenvalue weighted by Crippen LogP contribution is -2.54. The van der Waals surface area contributed by atoms with Crippen LogP contribution in [0.1, 0.15) is 46.5 Å². The van der Waals surface area contributed by atoms with Crippen molar-refractivity contribution < 1.29 is 9.59 Å². The molecule has 120 valence electrons. The molecule has 2 N–H and O–H groups in total. The number of nitrogens with one attached hydrogen (secondary N) is 2. The second kappa shape index (κ2) is 7.25. The average molecular weight is 295 g/mol. The quantitative estimate of drug-likeness (QED) is 0.821. The molecule has 0 radical (unpaired) electrons. The standard InChI is InChI=1S/C16H29N3O2/c1-11(2)16(21)19-9-6-13(7-10-19)15(20)18-14-5-4-8-17-12(14)3/h11-14,17H,4-10H2,1-3H3,(H,18,20). The highest BCUT2D eigenvalue weighted by molar-refractivity contribution is 5.81. The normalized spacial score (nSPS) is 27.7. The predicted octanol–water partition coefficient (Wildman–Crippen LogP) is 1.14. The van der Waals surface area contributed by atoms with Crippen LogP contribution in [0, 0.1) is 11.8 Å². The number of hydrogen-bond acceptors (Lipinski definition) is 3. The summed E-state index contributed by atoms with van der Waals surface area (Å²) in [6.45, 7) is 8.47. The number of amides is 2. The van der Waals surface area contributed by atoms with Gasteiger partial charge in [0, 0.05) is 37.0 Å². The second-order valence-electron chi connectivity index (χ2n) is 6.75. The fourth-order valence-corrected chi connectivity index (χ4v) is 3.27. The largest absolute Gasteiger partial charge is 0.352 e. The molecule has 5 nitrogen and oxygen atoms in total. The van der Waals surface area contributed by atoms with Crippen molar-refractivity contribution >= 4 is 11.8 Å². The highest BCUT2D eigenvalue weighted by Gasteiger charge is 2.30. The summed E-state index contributed by atoms with van der Waals surface area (Å²) in [6.07, 6.45) is 3.76. The second-order valence-corrected chi connectivity index (χ2v) is 6.75. The van der Waals surface area contributed by atoms with E-state index in [0.29, 0.717) is 19.1 Å². The summed E-state index contributed by atoms with van der Waals surface area (Å²) in [4.78, 5) is 26.2. The molecule has 2 amide bonds. The average Bonchev–Trinajstić information content (AvgIpc) is 2.49. The summed E-state index contributed by atoms with van der Waals surface area (Å²) in [7, 11) is 0. The molecule has 2 atom stereocenters. The van der Waals surface area contributed by atoms with Crippen LogP contribution in [0.3, 0.4) is 0 Å². The van der Waals surface area contributed by atoms with Gasteiger partial charge >= 0.3 is 0 Å². The highest BCUT2D eigenvalue weighted by atomic mass is 16.2. The molecular weight excluding hydrogens is 266 g/mol. The summed E-state index contributed by atoms with van der Waals surface area (Å²) >= 11 is 0. The van der Waals surface area contributed by atoms with E-state index in [9.17, 15) is 9.59 Å². The third kappa shape index (κ3) is 4.19. The lowest BCUT2D eigenvalue weighted by molar-refractivity contribution is -0.138. The first kappa shape index (κ1) is 16.3. The third-order valence-corrected chi connectivity index (χ3v) is 4.76. The van der Waals surface area contributed by atoms with E-state index in [1.165, 1.54) is 0 Å². The van der Waals surface area contributed by atoms with Gasteiger partial charge in [-0.25, -0.2) is 0 Å². The van der Waals surface area contributed by atoms with Gasteiger partial charge in [0.2, 0.25) is 11.8 Å². The fraction of sp³-hybridized carbons (Fsp3) is 0.875. The number of carbonyl (C=O) groups excluding carboxylic acids is 2. The van der Waals surface area contributed by atoms with Gasteiger partial charge in [-0.3, -0.25) is 9.59 Å². The zero-order valence-corrected chi connectivity index (χ0v) is 13.5. The molecule has 2 saturated heterocycles. The minimum atomic E-state index is 0.0459. The first-order valence-electron chi connectivity index (χ1n) is 8.31. The van der Waals surface area contributed by atoms with E-state index in [0.717, 1.165) is 32.2 Å². The summed E-state index contributed by atoms with van der Waals surface area (Å²) in [5.74, 6) is 0.492. The van der Waals surface area contributed by atoms with Crippen molar-refractivity contribution in [3.63, 3.8) is 0 Å². The topological polar surface area (TPSA) is 61.4 Å². The maximum Gasteiger partial charge on any atom is 0.225 e. The van der Waals surface area contributed by atoms with E-state index in [1.807, 2.05) is 18.7 Å². The molecule has 0 bridgehead atoms. The van der Waals surface area contributed by atoms with Gasteiger partial charge in [0.05, 0.1) is 0 Å². The Labute approximate surface area is 127 Å². The smallest absolute Gasteiger partial charge is 0.225 e. The Bertz CT molecular complexity index is 376. The maximum atomic E-state index is 12.4. The van der Waals surface area contributed by atoms with E-state index >= 15 is 0 Å². The number of nitrogens with zero attached hydrogens (tertiary/aromatic N) is 1. The van der Waals surface area contributed by atoms with E-state index in [4.69, 9.17) is 0 Å². The number of piperidine rings is 2. The van der Waals surface area contributed by atoms with Crippen molar-refractivity contribution in [3.8, 4) is 0 Å². The van der Waals surface area contributed by atoms with E-state index in [-0.39, 0.29) is 29.7 Å². The molecule has 2 aliphatic heterocycles. The van der Waals surface area contributed by atoms with Crippen LogP contribution in [0.5, 0.6) is 0 Å². The Morgan fingerprint density at radius 2 is 1.86 bits per heavy atom. The molecule has 2 aliphatic rings. The molecule has 0 aromatic carbocycles. The molecule has 0 aromatic heterocycles. The maximum absolute atomic E-state index is 12.4. The van der Waals surface area contributed by atoms with Gasteiger partial charge in [-0.1, -0.05) is 13.8 Å². The fourth-order valence-electron chi connectivity index (χ4n) is 3.27. The molecule has 2 rings (SSSR count). The van der Waals surface area contributed by atoms with Gasteiger partial charge in [-0.15, -0.1) is 0 Å². The van der Waals surface area contributed by atoms with Gasteiger partial charge < -0.3 is 15.5 Å². The first-order valence-corrected chi connectivity index (χ1v) is 8.31. The minimum absolute atomic E-state index is 0.0459. The summed E-state index contributed by atoms with van der Waals surface area (Å²) in [5.41, 5.74) is 0. The minimum Gasteiger partial charge on any atom is -0.352 e. The van der Waals surface area contributed by atoms with Gasteiger partial charge in [0.25, 0.3) is 0 Å². The van der Waals surface area contributed by atoms with Crippen LogP contribution in [0.2, 0.25) is 0 Å². The Balaban J connectivity index is 1.79. The van der Waals surface area contributed by atoms with Crippen molar-refractivity contribution in [1.29, 1.82) is 0 Å². The Morgan fingerprint density at radius 3 is 2.43 bits per heavy atom. The third-order valence-electron chi connectivity index (χ3n) is 4.76. The SMILES string of the molecule is CC(C)C(=O)N1CCC(C(=O)NC2CCCNC2C)CC1. The van der Waals surface area contributed by atoms with E-state index in [1.54, 1.807) is 0 Å². The predicted molar refractivity (Wildman–Crippen MR) is 82.8 cm³/mol. The molecule has 2 unspecified atom stereocenters. The molecule has 2 fully saturated rings. The van der Waals surface area contributed by atoms with Crippen LogP contribution in [-0.4, -0.2) is 48.4 Å².